The number of halogens is 1. The zero-order valence-corrected chi connectivity index (χ0v) is 41.2. The average molecular weight is 1000 g/mol. The molecular weight excluding hydrogens is 939 g/mol. The number of benzene rings is 4. The van der Waals surface area contributed by atoms with E-state index in [1.165, 1.54) is 19.9 Å². The Bertz CT molecular complexity index is 2370. The number of aliphatic hydroxyl groups is 2. The van der Waals surface area contributed by atoms with Crippen molar-refractivity contribution in [2.24, 2.45) is 10.8 Å². The Morgan fingerprint density at radius 3 is 1.38 bits per heavy atom. The molecule has 0 aliphatic rings. The summed E-state index contributed by atoms with van der Waals surface area (Å²) in [5, 5.41) is 78.5. The Morgan fingerprint density at radius 1 is 0.618 bits per heavy atom. The molecule has 8 N–H and O–H groups in total. The first-order chi connectivity index (χ1) is 31.6. The summed E-state index contributed by atoms with van der Waals surface area (Å²) in [5.41, 5.74) is 0.912. The van der Waals surface area contributed by atoms with Gasteiger partial charge in [0.25, 0.3) is 0 Å². The Morgan fingerprint density at radius 2 is 1.01 bits per heavy atom. The third kappa shape index (κ3) is 20.7. The van der Waals surface area contributed by atoms with Crippen LogP contribution >= 0.6 is 15.9 Å². The van der Waals surface area contributed by atoms with Crippen molar-refractivity contribution in [3.05, 3.63) is 124 Å². The van der Waals surface area contributed by atoms with Gasteiger partial charge in [-0.05, 0) is 145 Å². The molecule has 0 fully saturated rings. The molecule has 0 aromatic heterocycles. The predicted octanol–water partition coefficient (Wildman–Crippen LogP) is 6.73. The second kappa shape index (κ2) is 26.3. The quantitative estimate of drug-likeness (QED) is 0.0541. The molecule has 0 saturated heterocycles. The molecule has 0 bridgehead atoms. The number of rotatable bonds is 16. The average Bonchev–Trinajstić information content (AvgIpc) is 3.26. The van der Waals surface area contributed by atoms with E-state index in [4.69, 9.17) is 30.0 Å². The Hall–Kier alpha value is -6.28. The lowest BCUT2D eigenvalue weighted by Gasteiger charge is -2.29. The van der Waals surface area contributed by atoms with Crippen molar-refractivity contribution in [1.82, 2.24) is 10.6 Å². The summed E-state index contributed by atoms with van der Waals surface area (Å²) in [7, 11) is -1.50. The van der Waals surface area contributed by atoms with Crippen molar-refractivity contribution in [2.45, 2.75) is 104 Å². The summed E-state index contributed by atoms with van der Waals surface area (Å²) in [5.74, 6) is -2.24. The fraction of sp³-hybridized carbons (Fsp3) is 0.400. The molecule has 18 heteroatoms. The van der Waals surface area contributed by atoms with Crippen molar-refractivity contribution >= 4 is 52.6 Å². The molecule has 4 aromatic carbocycles. The molecule has 4 atom stereocenters. The maximum atomic E-state index is 12.3. The van der Waals surface area contributed by atoms with Crippen LogP contribution < -0.4 is 16.1 Å². The molecule has 0 heterocycles. The number of carbonyl (C=O) groups is 4. The van der Waals surface area contributed by atoms with Crippen molar-refractivity contribution in [2.75, 3.05) is 13.2 Å². The largest absolute Gasteiger partial charge is 0.488 e. The van der Waals surface area contributed by atoms with Gasteiger partial charge in [0, 0.05) is 16.6 Å². The first-order valence-corrected chi connectivity index (χ1v) is 22.3. The highest BCUT2D eigenvalue weighted by atomic mass is 79.9. The zero-order chi connectivity index (χ0) is 51.5. The number of ether oxygens (including phenoxy) is 2. The number of carbonyl (C=O) groups excluding carboxylic acids is 2. The number of nitriles is 2. The van der Waals surface area contributed by atoms with Crippen LogP contribution in [0.25, 0.3) is 11.1 Å². The first-order valence-electron chi connectivity index (χ1n) is 21.5. The molecule has 2 amide bonds. The fourth-order valence-corrected chi connectivity index (χ4v) is 6.65. The van der Waals surface area contributed by atoms with Gasteiger partial charge in [-0.1, -0.05) is 76.6 Å². The number of nitrogens with zero attached hydrogens (tertiary/aromatic N) is 2. The number of aliphatic carboxylic acids is 2. The van der Waals surface area contributed by atoms with Crippen LogP contribution in [-0.2, 0) is 31.9 Å². The second-order valence-corrected chi connectivity index (χ2v) is 19.6. The van der Waals surface area contributed by atoms with Gasteiger partial charge in [-0.15, -0.1) is 0 Å². The van der Waals surface area contributed by atoms with Gasteiger partial charge >= 0.3 is 31.2 Å². The zero-order valence-electron chi connectivity index (χ0n) is 39.6. The summed E-state index contributed by atoms with van der Waals surface area (Å²) in [6.07, 6.45) is -0.354. The van der Waals surface area contributed by atoms with Crippen LogP contribution in [0.2, 0.25) is 0 Å². The number of hydrogen-bond acceptors (Lipinski definition) is 12. The molecule has 4 aromatic rings. The molecule has 0 saturated carbocycles. The summed E-state index contributed by atoms with van der Waals surface area (Å²) in [4.78, 5) is 47.6. The summed E-state index contributed by atoms with van der Waals surface area (Å²) >= 11 is 3.36. The lowest BCUT2D eigenvalue weighted by molar-refractivity contribution is -0.152. The van der Waals surface area contributed by atoms with E-state index in [1.54, 1.807) is 71.9 Å². The van der Waals surface area contributed by atoms with Crippen molar-refractivity contribution in [1.29, 1.82) is 10.5 Å². The van der Waals surface area contributed by atoms with E-state index in [1.807, 2.05) is 66.7 Å². The van der Waals surface area contributed by atoms with Crippen LogP contribution in [0, 0.1) is 33.5 Å². The fourth-order valence-electron chi connectivity index (χ4n) is 6.38. The summed E-state index contributed by atoms with van der Waals surface area (Å²) in [6.45, 7) is 12.3. The van der Waals surface area contributed by atoms with E-state index in [0.717, 1.165) is 26.7 Å². The number of carboxylic acids is 2. The summed E-state index contributed by atoms with van der Waals surface area (Å²) < 4.78 is 11.5. The number of aliphatic hydroxyl groups excluding tert-OH is 2. The third-order valence-electron chi connectivity index (χ3n) is 10.0. The minimum Gasteiger partial charge on any atom is -0.481 e. The predicted molar refractivity (Wildman–Crippen MR) is 260 cm³/mol. The van der Waals surface area contributed by atoms with Crippen LogP contribution in [0.1, 0.15) is 90.5 Å². The van der Waals surface area contributed by atoms with E-state index < -0.39 is 78.6 Å². The Balaban J connectivity index is 0.000000389. The number of alkyl carbamates (subject to hydrolysis) is 2. The molecule has 4 rings (SSSR count). The van der Waals surface area contributed by atoms with Gasteiger partial charge in [-0.25, -0.2) is 9.59 Å². The maximum absolute atomic E-state index is 12.3. The molecule has 16 nitrogen and oxygen atoms in total. The Labute approximate surface area is 406 Å². The molecular formula is C50H62BBrN4O12. The SMILES string of the molecule is CC(C)(C)OC(=O)N[C@H](Cc1ccc(-c2cccc(C#N)c2)cc1)C[C@@](C)(CO)C(=O)O.CC(C)(C)OC(=O)N[C@H](Cc1ccc(Br)cc1)C[C@@](C)(CO)C(=O)O.N#Cc1cccc(B(O)O)c1. The van der Waals surface area contributed by atoms with Gasteiger partial charge < -0.3 is 50.6 Å². The van der Waals surface area contributed by atoms with E-state index in [2.05, 4.69) is 32.6 Å². The first kappa shape index (κ1) is 57.9. The van der Waals surface area contributed by atoms with Gasteiger partial charge in [0.05, 0.1) is 47.3 Å². The normalized spacial score (nSPS) is 13.6. The topological polar surface area (TPSA) is 280 Å². The van der Waals surface area contributed by atoms with Gasteiger partial charge in [-0.3, -0.25) is 9.59 Å². The highest BCUT2D eigenvalue weighted by molar-refractivity contribution is 9.10. The lowest BCUT2D eigenvalue weighted by atomic mass is 9.80. The van der Waals surface area contributed by atoms with Crippen LogP contribution in [-0.4, -0.2) is 98.2 Å². The maximum Gasteiger partial charge on any atom is 0.488 e. The molecule has 0 unspecified atom stereocenters. The van der Waals surface area contributed by atoms with Crippen LogP contribution in [0.15, 0.2) is 102 Å². The highest BCUT2D eigenvalue weighted by Gasteiger charge is 2.37. The second-order valence-electron chi connectivity index (χ2n) is 18.7. The van der Waals surface area contributed by atoms with Crippen molar-refractivity contribution in [3.8, 4) is 23.3 Å². The van der Waals surface area contributed by atoms with Gasteiger partial charge in [-0.2, -0.15) is 10.5 Å². The standard InChI is InChI=1S/C25H30N2O5.C18H26BrNO5.C7H6BNO2/c1-24(2,3)32-23(31)27-21(14-25(4,16-28)22(29)30)13-17-8-10-19(11-9-17)20-7-5-6-18(12-20)15-26;1-17(2,3)25-16(24)20-14(10-18(4,11-21)15(22)23)9-12-5-7-13(19)8-6-12;9-5-6-2-1-3-7(4-6)8(10)11/h5-12,21,28H,13-14,16H2,1-4H3,(H,27,31)(H,29,30);5-8,14,21H,9-11H2,1-4H3,(H,20,24)(H,22,23);1-4,10-11H/t21-,25+;14-,18+;/m11./s1. The lowest BCUT2D eigenvalue weighted by Crippen LogP contribution is -2.45. The van der Waals surface area contributed by atoms with E-state index >= 15 is 0 Å². The minimum absolute atomic E-state index is 0.0318. The number of hydrogen-bond donors (Lipinski definition) is 8. The van der Waals surface area contributed by atoms with Gasteiger partial charge in [0.15, 0.2) is 0 Å². The van der Waals surface area contributed by atoms with Crippen molar-refractivity contribution < 1.29 is 59.1 Å². The molecule has 68 heavy (non-hydrogen) atoms. The minimum atomic E-state index is -1.50. The Kier molecular flexibility index (Phi) is 22.4. The number of carboxylic acid groups (broad SMARTS) is 2. The molecule has 0 radical (unpaired) electrons. The van der Waals surface area contributed by atoms with E-state index in [0.29, 0.717) is 29.4 Å². The summed E-state index contributed by atoms with van der Waals surface area (Å²) in [6, 6.07) is 31.6. The van der Waals surface area contributed by atoms with Crippen LogP contribution in [0.5, 0.6) is 0 Å². The third-order valence-corrected chi connectivity index (χ3v) is 10.6. The van der Waals surface area contributed by atoms with Gasteiger partial charge in [0.2, 0.25) is 0 Å². The number of nitrogens with one attached hydrogen (secondary N) is 2. The molecule has 0 spiro atoms. The monoisotopic (exact) mass is 1000 g/mol. The van der Waals surface area contributed by atoms with E-state index in [9.17, 15) is 39.6 Å². The van der Waals surface area contributed by atoms with Crippen molar-refractivity contribution in [3.63, 3.8) is 0 Å². The molecule has 0 aliphatic heterocycles. The van der Waals surface area contributed by atoms with Gasteiger partial charge in [0.1, 0.15) is 11.2 Å². The molecule has 364 valence electrons. The smallest absolute Gasteiger partial charge is 0.481 e. The van der Waals surface area contributed by atoms with Crippen LogP contribution in [0.3, 0.4) is 0 Å². The number of amides is 2. The molecule has 0 aliphatic carbocycles. The van der Waals surface area contributed by atoms with E-state index in [-0.39, 0.29) is 12.8 Å². The highest BCUT2D eigenvalue weighted by Crippen LogP contribution is 2.28. The van der Waals surface area contributed by atoms with Crippen LogP contribution in [0.4, 0.5) is 9.59 Å².